The van der Waals surface area contributed by atoms with Crippen molar-refractivity contribution >= 4 is 39.1 Å². The molecule has 2 aromatic rings. The predicted molar refractivity (Wildman–Crippen MR) is 128 cm³/mol. The third kappa shape index (κ3) is 4.40. The van der Waals surface area contributed by atoms with E-state index in [-0.39, 0.29) is 11.3 Å². The lowest BCUT2D eigenvalue weighted by Gasteiger charge is -2.26. The highest BCUT2D eigenvalue weighted by atomic mass is 79.9. The van der Waals surface area contributed by atoms with E-state index in [2.05, 4.69) is 34.7 Å². The maximum absolute atomic E-state index is 13.0. The second-order valence-electron chi connectivity index (χ2n) is 7.72. The van der Waals surface area contributed by atoms with Gasteiger partial charge >= 0.3 is 0 Å². The number of benzene rings is 2. The van der Waals surface area contributed by atoms with Crippen LogP contribution >= 0.6 is 15.9 Å². The Hall–Kier alpha value is -2.60. The molecule has 1 saturated heterocycles. The SMILES string of the molecule is CCCN1C(=O)C(=O)/C(=C(\O)c2ccc(Br)c(C)c2)C1c1ccc(N(CC)CC)cc1. The van der Waals surface area contributed by atoms with Crippen molar-refractivity contribution < 1.29 is 14.7 Å². The van der Waals surface area contributed by atoms with Crippen LogP contribution in [0.2, 0.25) is 0 Å². The molecule has 1 amide bonds. The molecular weight excluding hydrogens is 456 g/mol. The minimum absolute atomic E-state index is 0.134. The Balaban J connectivity index is 2.13. The Labute approximate surface area is 192 Å². The Morgan fingerprint density at radius 1 is 1.06 bits per heavy atom. The summed E-state index contributed by atoms with van der Waals surface area (Å²) in [4.78, 5) is 29.6. The Morgan fingerprint density at radius 3 is 2.26 bits per heavy atom. The van der Waals surface area contributed by atoms with Crippen LogP contribution in [0.5, 0.6) is 0 Å². The highest BCUT2D eigenvalue weighted by Gasteiger charge is 2.45. The topological polar surface area (TPSA) is 60.9 Å². The maximum Gasteiger partial charge on any atom is 0.295 e. The first-order valence-electron chi connectivity index (χ1n) is 10.7. The largest absolute Gasteiger partial charge is 0.507 e. The number of halogens is 1. The quantitative estimate of drug-likeness (QED) is 0.323. The highest BCUT2D eigenvalue weighted by Crippen LogP contribution is 2.40. The summed E-state index contributed by atoms with van der Waals surface area (Å²) >= 11 is 3.46. The van der Waals surface area contributed by atoms with Gasteiger partial charge in [0.15, 0.2) is 0 Å². The number of hydrogen-bond acceptors (Lipinski definition) is 4. The summed E-state index contributed by atoms with van der Waals surface area (Å²) in [6.07, 6.45) is 0.721. The smallest absolute Gasteiger partial charge is 0.295 e. The Bertz CT molecular complexity index is 1010. The van der Waals surface area contributed by atoms with E-state index >= 15 is 0 Å². The molecule has 0 bridgehead atoms. The summed E-state index contributed by atoms with van der Waals surface area (Å²) in [5.41, 5.74) is 3.52. The molecule has 1 aliphatic heterocycles. The van der Waals surface area contributed by atoms with E-state index in [1.54, 1.807) is 11.0 Å². The van der Waals surface area contributed by atoms with E-state index in [0.29, 0.717) is 12.1 Å². The molecule has 1 atom stereocenters. The average molecular weight is 485 g/mol. The molecule has 31 heavy (non-hydrogen) atoms. The van der Waals surface area contributed by atoms with Gasteiger partial charge in [0, 0.05) is 35.4 Å². The number of aliphatic hydroxyl groups is 1. The van der Waals surface area contributed by atoms with Gasteiger partial charge in [0.05, 0.1) is 11.6 Å². The lowest BCUT2D eigenvalue weighted by atomic mass is 9.94. The maximum atomic E-state index is 13.0. The van der Waals surface area contributed by atoms with Gasteiger partial charge in [0.1, 0.15) is 5.76 Å². The number of nitrogens with zero attached hydrogens (tertiary/aromatic N) is 2. The Kier molecular flexibility index (Phi) is 7.21. The number of ketones is 1. The van der Waals surface area contributed by atoms with E-state index in [1.165, 1.54) is 0 Å². The predicted octanol–water partition coefficient (Wildman–Crippen LogP) is 5.44. The van der Waals surface area contributed by atoms with Crippen molar-refractivity contribution in [3.05, 3.63) is 69.2 Å². The van der Waals surface area contributed by atoms with Crippen molar-refractivity contribution in [3.63, 3.8) is 0 Å². The molecule has 6 heteroatoms. The van der Waals surface area contributed by atoms with Gasteiger partial charge in [-0.15, -0.1) is 0 Å². The monoisotopic (exact) mass is 484 g/mol. The summed E-state index contributed by atoms with van der Waals surface area (Å²) < 4.78 is 0.916. The van der Waals surface area contributed by atoms with E-state index in [1.807, 2.05) is 50.2 Å². The molecule has 0 aliphatic carbocycles. The lowest BCUT2D eigenvalue weighted by Crippen LogP contribution is -2.30. The Morgan fingerprint density at radius 2 is 1.71 bits per heavy atom. The molecule has 0 saturated carbocycles. The minimum atomic E-state index is -0.635. The third-order valence-electron chi connectivity index (χ3n) is 5.77. The highest BCUT2D eigenvalue weighted by molar-refractivity contribution is 9.10. The molecule has 0 spiro atoms. The summed E-state index contributed by atoms with van der Waals surface area (Å²) in [7, 11) is 0. The molecule has 3 rings (SSSR count). The van der Waals surface area contributed by atoms with Gasteiger partial charge in [-0.05, 0) is 62.6 Å². The van der Waals surface area contributed by atoms with Crippen molar-refractivity contribution in [1.82, 2.24) is 4.90 Å². The fraction of sp³-hybridized carbons (Fsp3) is 0.360. The number of anilines is 1. The number of Topliss-reactive ketones (excluding diaryl/α,β-unsaturated/α-hetero) is 1. The molecule has 1 aliphatic rings. The first-order valence-corrected chi connectivity index (χ1v) is 11.5. The second kappa shape index (κ2) is 9.69. The van der Waals surface area contributed by atoms with E-state index < -0.39 is 17.7 Å². The van der Waals surface area contributed by atoms with Crippen molar-refractivity contribution in [2.45, 2.75) is 40.2 Å². The summed E-state index contributed by atoms with van der Waals surface area (Å²) in [6.45, 7) is 10.3. The number of rotatable bonds is 7. The number of amides is 1. The van der Waals surface area contributed by atoms with Crippen molar-refractivity contribution in [2.75, 3.05) is 24.5 Å². The van der Waals surface area contributed by atoms with Crippen molar-refractivity contribution in [1.29, 1.82) is 0 Å². The minimum Gasteiger partial charge on any atom is -0.507 e. The molecule has 5 nitrogen and oxygen atoms in total. The zero-order chi connectivity index (χ0) is 22.7. The first kappa shape index (κ1) is 23.1. The normalized spacial score (nSPS) is 18.0. The fourth-order valence-electron chi connectivity index (χ4n) is 4.10. The number of hydrogen-bond donors (Lipinski definition) is 1. The zero-order valence-corrected chi connectivity index (χ0v) is 20.1. The first-order chi connectivity index (χ1) is 14.8. The van der Waals surface area contributed by atoms with Gasteiger partial charge < -0.3 is 14.9 Å². The molecule has 1 N–H and O–H groups in total. The van der Waals surface area contributed by atoms with Crippen LogP contribution in [-0.2, 0) is 9.59 Å². The second-order valence-corrected chi connectivity index (χ2v) is 8.57. The van der Waals surface area contributed by atoms with Crippen molar-refractivity contribution in [2.24, 2.45) is 0 Å². The van der Waals surface area contributed by atoms with Crippen molar-refractivity contribution in [3.8, 4) is 0 Å². The van der Waals surface area contributed by atoms with Gasteiger partial charge in [-0.3, -0.25) is 9.59 Å². The van der Waals surface area contributed by atoms with Gasteiger partial charge in [0.25, 0.3) is 11.7 Å². The summed E-state index contributed by atoms with van der Waals surface area (Å²) in [6, 6.07) is 12.7. The molecule has 0 radical (unpaired) electrons. The van der Waals surface area contributed by atoms with Crippen LogP contribution in [0.3, 0.4) is 0 Å². The number of likely N-dealkylation sites (tertiary alicyclic amines) is 1. The molecule has 1 fully saturated rings. The molecular formula is C25H29BrN2O3. The van der Waals surface area contributed by atoms with Crippen LogP contribution in [0.4, 0.5) is 5.69 Å². The van der Waals surface area contributed by atoms with Gasteiger partial charge in [-0.2, -0.15) is 0 Å². The molecule has 1 unspecified atom stereocenters. The van der Waals surface area contributed by atoms with Crippen LogP contribution in [0.25, 0.3) is 5.76 Å². The average Bonchev–Trinajstić information content (AvgIpc) is 3.02. The zero-order valence-electron chi connectivity index (χ0n) is 18.5. The number of carbonyl (C=O) groups excluding carboxylic acids is 2. The summed E-state index contributed by atoms with van der Waals surface area (Å²) in [5, 5.41) is 11.1. The number of aryl methyl sites for hydroxylation is 1. The van der Waals surface area contributed by atoms with E-state index in [0.717, 1.165) is 40.8 Å². The molecule has 164 valence electrons. The van der Waals surface area contributed by atoms with Crippen LogP contribution < -0.4 is 4.90 Å². The van der Waals surface area contributed by atoms with Crippen LogP contribution in [0, 0.1) is 6.92 Å². The molecule has 2 aromatic carbocycles. The van der Waals surface area contributed by atoms with Gasteiger partial charge in [0.2, 0.25) is 0 Å². The van der Waals surface area contributed by atoms with Gasteiger partial charge in [-0.1, -0.05) is 41.1 Å². The van der Waals surface area contributed by atoms with Crippen LogP contribution in [0.1, 0.15) is 49.9 Å². The molecule has 0 aromatic heterocycles. The summed E-state index contributed by atoms with van der Waals surface area (Å²) in [5.74, 6) is -1.33. The van der Waals surface area contributed by atoms with E-state index in [9.17, 15) is 14.7 Å². The number of aliphatic hydroxyl groups excluding tert-OH is 1. The third-order valence-corrected chi connectivity index (χ3v) is 6.66. The lowest BCUT2D eigenvalue weighted by molar-refractivity contribution is -0.139. The van der Waals surface area contributed by atoms with Crippen LogP contribution in [0.15, 0.2) is 52.5 Å². The van der Waals surface area contributed by atoms with Gasteiger partial charge in [-0.25, -0.2) is 0 Å². The molecule has 1 heterocycles. The standard InChI is InChI=1S/C25H29BrN2O3/c1-5-14-28-22(17-8-11-19(12-9-17)27(6-2)7-3)21(24(30)25(28)31)23(29)18-10-13-20(26)16(4)15-18/h8-13,15,22,29H,5-7,14H2,1-4H3/b23-21-. The fourth-order valence-corrected chi connectivity index (χ4v) is 4.35. The van der Waals surface area contributed by atoms with Crippen LogP contribution in [-0.4, -0.2) is 41.3 Å². The van der Waals surface area contributed by atoms with E-state index in [4.69, 9.17) is 0 Å². The number of carbonyl (C=O) groups is 2.